The second kappa shape index (κ2) is 8.22. The fourth-order valence-electron chi connectivity index (χ4n) is 2.62. The number of amides is 2. The van der Waals surface area contributed by atoms with Crippen molar-refractivity contribution >= 4 is 23.1 Å². The van der Waals surface area contributed by atoms with Crippen molar-refractivity contribution in [3.63, 3.8) is 0 Å². The van der Waals surface area contributed by atoms with Gasteiger partial charge >= 0.3 is 6.03 Å². The highest BCUT2D eigenvalue weighted by atomic mass is 32.1. The summed E-state index contributed by atoms with van der Waals surface area (Å²) < 4.78 is 11.2. The average molecular weight is 361 g/mol. The van der Waals surface area contributed by atoms with Crippen LogP contribution in [0.1, 0.15) is 17.3 Å². The Balaban J connectivity index is 1.58. The van der Waals surface area contributed by atoms with Crippen LogP contribution in [0.2, 0.25) is 0 Å². The smallest absolute Gasteiger partial charge is 0.319 e. The molecule has 0 saturated heterocycles. The number of likely N-dealkylation sites (N-methyl/N-ethyl adjacent to an activating group) is 1. The second-order valence-electron chi connectivity index (χ2n) is 6.04. The monoisotopic (exact) mass is 361 g/mol. The first-order valence-corrected chi connectivity index (χ1v) is 9.16. The molecule has 1 aliphatic heterocycles. The lowest BCUT2D eigenvalue weighted by Crippen LogP contribution is -2.36. The summed E-state index contributed by atoms with van der Waals surface area (Å²) in [5, 5.41) is 7.83. The zero-order valence-electron chi connectivity index (χ0n) is 14.5. The highest BCUT2D eigenvalue weighted by Gasteiger charge is 2.17. The number of nitrogens with zero attached hydrogens (tertiary/aromatic N) is 1. The fourth-order valence-corrected chi connectivity index (χ4v) is 3.55. The van der Waals surface area contributed by atoms with E-state index in [2.05, 4.69) is 21.6 Å². The van der Waals surface area contributed by atoms with Crippen molar-refractivity contribution in [2.45, 2.75) is 12.5 Å². The number of hydrogen-bond donors (Lipinski definition) is 2. The summed E-state index contributed by atoms with van der Waals surface area (Å²) in [5.41, 5.74) is 0.680. The van der Waals surface area contributed by atoms with Gasteiger partial charge in [-0.2, -0.15) is 0 Å². The summed E-state index contributed by atoms with van der Waals surface area (Å²) in [6.45, 7) is 1.80. The molecule has 2 aromatic rings. The number of hydrogen-bond acceptors (Lipinski definition) is 5. The minimum Gasteiger partial charge on any atom is -0.490 e. The molecule has 1 aromatic carbocycles. The molecule has 1 unspecified atom stereocenters. The number of urea groups is 1. The normalized spacial score (nSPS) is 14.7. The SMILES string of the molecule is CN(C)C(CNC(=O)Nc1ccc2c(c1)OCCCO2)c1cccs1. The van der Waals surface area contributed by atoms with Gasteiger partial charge in [0.1, 0.15) is 0 Å². The Labute approximate surface area is 151 Å². The molecule has 1 aliphatic rings. The Bertz CT molecular complexity index is 704. The molecule has 0 bridgehead atoms. The summed E-state index contributed by atoms with van der Waals surface area (Å²) >= 11 is 1.69. The zero-order chi connectivity index (χ0) is 17.6. The van der Waals surface area contributed by atoms with Crippen molar-refractivity contribution in [2.24, 2.45) is 0 Å². The molecule has 1 atom stereocenters. The highest BCUT2D eigenvalue weighted by Crippen LogP contribution is 2.32. The van der Waals surface area contributed by atoms with Gasteiger partial charge in [0.05, 0.1) is 19.3 Å². The van der Waals surface area contributed by atoms with Gasteiger partial charge in [-0.05, 0) is 37.7 Å². The van der Waals surface area contributed by atoms with E-state index in [1.165, 1.54) is 4.88 Å². The van der Waals surface area contributed by atoms with Crippen LogP contribution in [0.15, 0.2) is 35.7 Å². The Morgan fingerprint density at radius 3 is 2.76 bits per heavy atom. The maximum absolute atomic E-state index is 12.2. The first-order chi connectivity index (χ1) is 12.1. The van der Waals surface area contributed by atoms with Crippen LogP contribution in [0.3, 0.4) is 0 Å². The first-order valence-electron chi connectivity index (χ1n) is 8.28. The molecule has 2 amide bonds. The second-order valence-corrected chi connectivity index (χ2v) is 7.02. The summed E-state index contributed by atoms with van der Waals surface area (Å²) in [6.07, 6.45) is 0.854. The van der Waals surface area contributed by atoms with E-state index < -0.39 is 0 Å². The molecule has 0 radical (unpaired) electrons. The largest absolute Gasteiger partial charge is 0.490 e. The van der Waals surface area contributed by atoms with E-state index in [4.69, 9.17) is 9.47 Å². The number of carbonyl (C=O) groups is 1. The summed E-state index contributed by atoms with van der Waals surface area (Å²) in [6, 6.07) is 9.45. The molecule has 2 N–H and O–H groups in total. The van der Waals surface area contributed by atoms with Gasteiger partial charge in [0.15, 0.2) is 11.5 Å². The molecule has 0 spiro atoms. The number of carbonyl (C=O) groups excluding carboxylic acids is 1. The lowest BCUT2D eigenvalue weighted by atomic mass is 10.2. The molecule has 25 heavy (non-hydrogen) atoms. The number of rotatable bonds is 5. The minimum absolute atomic E-state index is 0.148. The number of nitrogens with one attached hydrogen (secondary N) is 2. The molecule has 0 saturated carbocycles. The van der Waals surface area contributed by atoms with E-state index in [0.29, 0.717) is 36.9 Å². The first kappa shape index (κ1) is 17.6. The molecule has 0 aliphatic carbocycles. The van der Waals surface area contributed by atoms with Crippen LogP contribution in [-0.2, 0) is 0 Å². The predicted octanol–water partition coefficient (Wildman–Crippen LogP) is 3.33. The number of thiophene rings is 1. The summed E-state index contributed by atoms with van der Waals surface area (Å²) in [5.74, 6) is 1.38. The third-order valence-corrected chi connectivity index (χ3v) is 4.93. The van der Waals surface area contributed by atoms with Crippen LogP contribution in [0.25, 0.3) is 0 Å². The van der Waals surface area contributed by atoms with E-state index >= 15 is 0 Å². The molecular formula is C18H23N3O3S. The minimum atomic E-state index is -0.238. The highest BCUT2D eigenvalue weighted by molar-refractivity contribution is 7.10. The number of fused-ring (bicyclic) bond motifs is 1. The van der Waals surface area contributed by atoms with E-state index in [9.17, 15) is 4.79 Å². The van der Waals surface area contributed by atoms with E-state index in [1.54, 1.807) is 17.4 Å². The maximum atomic E-state index is 12.2. The van der Waals surface area contributed by atoms with Gasteiger partial charge in [0.2, 0.25) is 0 Å². The third-order valence-electron chi connectivity index (χ3n) is 3.96. The Kier molecular flexibility index (Phi) is 5.78. The standard InChI is InChI=1S/C18H23N3O3S/c1-21(2)14(17-5-3-10-25-17)12-19-18(22)20-13-6-7-15-16(11-13)24-9-4-8-23-15/h3,5-7,10-11,14H,4,8-9,12H2,1-2H3,(H2,19,20,22). The van der Waals surface area contributed by atoms with Crippen LogP contribution < -0.4 is 20.1 Å². The Morgan fingerprint density at radius 1 is 1.24 bits per heavy atom. The molecule has 134 valence electrons. The third kappa shape index (κ3) is 4.64. The summed E-state index contributed by atoms with van der Waals surface area (Å²) in [7, 11) is 4.02. The molecular weight excluding hydrogens is 338 g/mol. The molecule has 1 aromatic heterocycles. The Morgan fingerprint density at radius 2 is 2.04 bits per heavy atom. The number of ether oxygens (including phenoxy) is 2. The van der Waals surface area contributed by atoms with Crippen LogP contribution >= 0.6 is 11.3 Å². The quantitative estimate of drug-likeness (QED) is 0.857. The topological polar surface area (TPSA) is 62.8 Å². The maximum Gasteiger partial charge on any atom is 0.319 e. The molecule has 2 heterocycles. The Hall–Kier alpha value is -2.25. The van der Waals surface area contributed by atoms with Crippen LogP contribution in [-0.4, -0.2) is 44.8 Å². The summed E-state index contributed by atoms with van der Waals surface area (Å²) in [4.78, 5) is 15.6. The van der Waals surface area contributed by atoms with E-state index in [1.807, 2.05) is 37.7 Å². The van der Waals surface area contributed by atoms with Gasteiger partial charge in [-0.3, -0.25) is 0 Å². The number of anilines is 1. The van der Waals surface area contributed by atoms with Gasteiger partial charge in [-0.25, -0.2) is 4.79 Å². The van der Waals surface area contributed by atoms with Crippen molar-refractivity contribution in [3.05, 3.63) is 40.6 Å². The van der Waals surface area contributed by atoms with Crippen LogP contribution in [0, 0.1) is 0 Å². The van der Waals surface area contributed by atoms with E-state index in [0.717, 1.165) is 6.42 Å². The zero-order valence-corrected chi connectivity index (χ0v) is 15.3. The molecule has 7 heteroatoms. The lowest BCUT2D eigenvalue weighted by molar-refractivity contribution is 0.244. The van der Waals surface area contributed by atoms with Crippen LogP contribution in [0.5, 0.6) is 11.5 Å². The van der Waals surface area contributed by atoms with Crippen molar-refractivity contribution in [1.29, 1.82) is 0 Å². The van der Waals surface area contributed by atoms with Crippen molar-refractivity contribution < 1.29 is 14.3 Å². The predicted molar refractivity (Wildman–Crippen MR) is 99.8 cm³/mol. The van der Waals surface area contributed by atoms with Gasteiger partial charge in [-0.1, -0.05) is 6.07 Å². The van der Waals surface area contributed by atoms with Gasteiger partial charge < -0.3 is 25.0 Å². The van der Waals surface area contributed by atoms with Crippen molar-refractivity contribution in [3.8, 4) is 11.5 Å². The van der Waals surface area contributed by atoms with Crippen molar-refractivity contribution in [1.82, 2.24) is 10.2 Å². The average Bonchev–Trinajstić information content (AvgIpc) is 3.00. The molecule has 3 rings (SSSR count). The van der Waals surface area contributed by atoms with Crippen LogP contribution in [0.4, 0.5) is 10.5 Å². The van der Waals surface area contributed by atoms with Gasteiger partial charge in [0, 0.05) is 29.6 Å². The lowest BCUT2D eigenvalue weighted by Gasteiger charge is -2.23. The molecule has 6 nitrogen and oxygen atoms in total. The van der Waals surface area contributed by atoms with E-state index in [-0.39, 0.29) is 12.1 Å². The van der Waals surface area contributed by atoms with Crippen molar-refractivity contribution in [2.75, 3.05) is 39.2 Å². The van der Waals surface area contributed by atoms with Gasteiger partial charge in [-0.15, -0.1) is 11.3 Å². The number of benzene rings is 1. The van der Waals surface area contributed by atoms with Gasteiger partial charge in [0.25, 0.3) is 0 Å². The fraction of sp³-hybridized carbons (Fsp3) is 0.389. The molecule has 0 fully saturated rings.